The molecule has 0 aromatic carbocycles. The molecule has 25 heavy (non-hydrogen) atoms. The van der Waals surface area contributed by atoms with Crippen molar-refractivity contribution < 1.29 is 65.3 Å². The smallest absolute Gasteiger partial charge is 0.343 e. The molecule has 0 aromatic rings. The van der Waals surface area contributed by atoms with Crippen molar-refractivity contribution in [2.24, 2.45) is 0 Å². The van der Waals surface area contributed by atoms with Crippen molar-refractivity contribution >= 4 is 0 Å². The Hall–Kier alpha value is -0.520. The largest absolute Gasteiger partial charge is 0.394 e. The van der Waals surface area contributed by atoms with E-state index >= 15 is 0 Å². The van der Waals surface area contributed by atoms with Gasteiger partial charge in [0, 0.05) is 0 Å². The topological polar surface area (TPSA) is 230 Å². The minimum absolute atomic E-state index is 0.827. The Morgan fingerprint density at radius 2 is 1.24 bits per heavy atom. The summed E-state index contributed by atoms with van der Waals surface area (Å²) in [4.78, 5) is 0. The molecule has 1 unspecified atom stereocenters. The van der Waals surface area contributed by atoms with Crippen molar-refractivity contribution in [1.82, 2.24) is 0 Å². The lowest BCUT2D eigenvalue weighted by Gasteiger charge is -2.51. The van der Waals surface area contributed by atoms with E-state index < -0.39 is 74.0 Å². The minimum atomic E-state index is -3.70. The first-order valence-electron chi connectivity index (χ1n) is 7.27. The normalized spacial score (nSPS) is 50.2. The van der Waals surface area contributed by atoms with Crippen molar-refractivity contribution in [2.45, 2.75) is 54.2 Å². The second-order valence-corrected chi connectivity index (χ2v) is 5.93. The van der Waals surface area contributed by atoms with Gasteiger partial charge in [-0.2, -0.15) is 0 Å². The second kappa shape index (κ2) is 6.90. The Labute approximate surface area is 140 Å². The molecular formula is C12H22O13. The summed E-state index contributed by atoms with van der Waals surface area (Å²) >= 11 is 0. The molecule has 2 fully saturated rings. The van der Waals surface area contributed by atoms with Crippen LogP contribution < -0.4 is 0 Å². The molecule has 2 saturated heterocycles. The van der Waals surface area contributed by atoms with Gasteiger partial charge in [-0.15, -0.1) is 0 Å². The van der Waals surface area contributed by atoms with E-state index in [-0.39, 0.29) is 0 Å². The van der Waals surface area contributed by atoms with E-state index in [1.54, 1.807) is 0 Å². The van der Waals surface area contributed by atoms with Crippen molar-refractivity contribution in [2.75, 3.05) is 19.8 Å². The highest BCUT2D eigenvalue weighted by Gasteiger charge is 2.69. The van der Waals surface area contributed by atoms with Gasteiger partial charge in [0.05, 0.1) is 13.2 Å². The summed E-state index contributed by atoms with van der Waals surface area (Å²) in [5.41, 5.74) is 0. The Kier molecular flexibility index (Phi) is 5.73. The van der Waals surface area contributed by atoms with E-state index in [4.69, 9.17) is 19.7 Å². The molecule has 13 heteroatoms. The molecule has 13 nitrogen and oxygen atoms in total. The van der Waals surface area contributed by atoms with Gasteiger partial charge in [0.1, 0.15) is 43.2 Å². The van der Waals surface area contributed by atoms with E-state index in [1.165, 1.54) is 0 Å². The number of rotatable bonds is 5. The summed E-state index contributed by atoms with van der Waals surface area (Å²) in [6, 6.07) is 0. The summed E-state index contributed by atoms with van der Waals surface area (Å²) < 4.78 is 14.5. The van der Waals surface area contributed by atoms with E-state index in [9.17, 15) is 40.9 Å². The number of hydrogen-bond acceptors (Lipinski definition) is 13. The third-order valence-electron chi connectivity index (χ3n) is 4.29. The molecule has 0 spiro atoms. The van der Waals surface area contributed by atoms with Crippen molar-refractivity contribution in [3.8, 4) is 0 Å². The molecule has 0 saturated carbocycles. The van der Waals surface area contributed by atoms with Gasteiger partial charge in [-0.3, -0.25) is 4.74 Å². The fraction of sp³-hybridized carbons (Fsp3) is 1.00. The van der Waals surface area contributed by atoms with Crippen LogP contribution >= 0.6 is 0 Å². The predicted molar refractivity (Wildman–Crippen MR) is 71.0 cm³/mol. The number of ether oxygens (including phenoxy) is 3. The Bertz CT molecular complexity index is 474. The molecular weight excluding hydrogens is 352 g/mol. The molecule has 0 radical (unpaired) electrons. The molecule has 2 rings (SSSR count). The Morgan fingerprint density at radius 3 is 1.68 bits per heavy atom. The molecule has 10 N–H and O–H groups in total. The standard InChI is InChI=1S/C12H22O13/c13-1-4-6(16)8(18)10(3-15,23-4)25-12(22)11(20,21)9(19)7(17)5(2-14)24-12/h4-9,13-22H,1-3H2/t4-,5-,6-,7-,8+,9+,10?,12-/m1/s1. The minimum Gasteiger partial charge on any atom is -0.394 e. The van der Waals surface area contributed by atoms with Crippen LogP contribution in [0.3, 0.4) is 0 Å². The van der Waals surface area contributed by atoms with Gasteiger partial charge in [-0.25, -0.2) is 0 Å². The fourth-order valence-electron chi connectivity index (χ4n) is 2.72. The van der Waals surface area contributed by atoms with Crippen LogP contribution in [-0.4, -0.2) is 125 Å². The van der Waals surface area contributed by atoms with Crippen LogP contribution in [0.1, 0.15) is 0 Å². The maximum Gasteiger partial charge on any atom is 0.343 e. The zero-order valence-corrected chi connectivity index (χ0v) is 12.8. The van der Waals surface area contributed by atoms with Crippen LogP contribution in [0, 0.1) is 0 Å². The molecule has 8 atom stereocenters. The highest BCUT2D eigenvalue weighted by atomic mass is 16.9. The molecule has 0 aliphatic carbocycles. The molecule has 148 valence electrons. The lowest BCUT2D eigenvalue weighted by molar-refractivity contribution is -0.558. The lowest BCUT2D eigenvalue weighted by Crippen LogP contribution is -2.76. The van der Waals surface area contributed by atoms with Gasteiger partial charge in [0.2, 0.25) is 5.79 Å². The van der Waals surface area contributed by atoms with Gasteiger partial charge >= 0.3 is 5.97 Å². The van der Waals surface area contributed by atoms with Crippen LogP contribution in [-0.2, 0) is 14.2 Å². The second-order valence-electron chi connectivity index (χ2n) is 5.93. The van der Waals surface area contributed by atoms with Gasteiger partial charge in [-0.1, -0.05) is 0 Å². The van der Waals surface area contributed by atoms with E-state index in [1.807, 2.05) is 0 Å². The van der Waals surface area contributed by atoms with Gasteiger partial charge < -0.3 is 60.5 Å². The van der Waals surface area contributed by atoms with Crippen LogP contribution in [0.5, 0.6) is 0 Å². The van der Waals surface area contributed by atoms with E-state index in [0.717, 1.165) is 0 Å². The summed E-state index contributed by atoms with van der Waals surface area (Å²) in [7, 11) is 0. The molecule has 2 aliphatic rings. The lowest BCUT2D eigenvalue weighted by atomic mass is 9.94. The van der Waals surface area contributed by atoms with Crippen molar-refractivity contribution in [3.63, 3.8) is 0 Å². The molecule has 2 heterocycles. The van der Waals surface area contributed by atoms with Crippen LogP contribution in [0.25, 0.3) is 0 Å². The maximum atomic E-state index is 10.3. The zero-order valence-electron chi connectivity index (χ0n) is 12.8. The van der Waals surface area contributed by atoms with Crippen LogP contribution in [0.4, 0.5) is 0 Å². The third kappa shape index (κ3) is 3.06. The number of aliphatic hydroxyl groups is 10. The van der Waals surface area contributed by atoms with Gasteiger partial charge in [0.25, 0.3) is 5.79 Å². The van der Waals surface area contributed by atoms with Crippen LogP contribution in [0.2, 0.25) is 0 Å². The molecule has 0 bridgehead atoms. The summed E-state index contributed by atoms with van der Waals surface area (Å²) in [6.45, 7) is -3.07. The van der Waals surface area contributed by atoms with Crippen molar-refractivity contribution in [3.05, 3.63) is 0 Å². The SMILES string of the molecule is OC[C@H]1OC(CO)(O[C@]2(O)O[C@H](CO)[C@@H](O)[C@H](O)C2(O)O)[C@@H](O)[C@@H]1O. The average Bonchev–Trinajstić information content (AvgIpc) is 2.82. The van der Waals surface area contributed by atoms with Gasteiger partial charge in [-0.05, 0) is 0 Å². The molecule has 0 aromatic heterocycles. The predicted octanol–water partition coefficient (Wildman–Crippen LogP) is -6.76. The number of aliphatic hydroxyl groups excluding tert-OH is 7. The van der Waals surface area contributed by atoms with Crippen molar-refractivity contribution in [1.29, 1.82) is 0 Å². The Morgan fingerprint density at radius 1 is 0.760 bits per heavy atom. The summed E-state index contributed by atoms with van der Waals surface area (Å²) in [5, 5.41) is 97.0. The summed E-state index contributed by atoms with van der Waals surface area (Å²) in [5.74, 6) is -10.0. The average molecular weight is 374 g/mol. The monoisotopic (exact) mass is 374 g/mol. The first kappa shape index (κ1) is 20.8. The highest BCUT2D eigenvalue weighted by molar-refractivity contribution is 5.02. The third-order valence-corrected chi connectivity index (χ3v) is 4.29. The quantitative estimate of drug-likeness (QED) is 0.202. The maximum absolute atomic E-state index is 10.3. The fourth-order valence-corrected chi connectivity index (χ4v) is 2.72. The first-order valence-corrected chi connectivity index (χ1v) is 7.27. The molecule has 2 aliphatic heterocycles. The number of hydrogen-bond donors (Lipinski definition) is 10. The highest BCUT2D eigenvalue weighted by Crippen LogP contribution is 2.42. The first-order chi connectivity index (χ1) is 11.5. The molecule has 0 amide bonds. The Balaban J connectivity index is 2.37. The van der Waals surface area contributed by atoms with Crippen LogP contribution in [0.15, 0.2) is 0 Å². The van der Waals surface area contributed by atoms with E-state index in [2.05, 4.69) is 4.74 Å². The zero-order chi connectivity index (χ0) is 19.2. The van der Waals surface area contributed by atoms with E-state index in [0.29, 0.717) is 0 Å². The van der Waals surface area contributed by atoms with Gasteiger partial charge in [0.15, 0.2) is 0 Å². The summed E-state index contributed by atoms with van der Waals surface area (Å²) in [6.07, 6.45) is -11.6.